The number of anilines is 1. The zero-order valence-electron chi connectivity index (χ0n) is 11.0. The minimum absolute atomic E-state index is 0.336. The van der Waals surface area contributed by atoms with E-state index in [-0.39, 0.29) is 5.82 Å². The summed E-state index contributed by atoms with van der Waals surface area (Å²) in [6.07, 6.45) is 3.01. The summed E-state index contributed by atoms with van der Waals surface area (Å²) in [4.78, 5) is 0. The topological polar surface area (TPSA) is 29.9 Å². The molecule has 1 unspecified atom stereocenters. The van der Waals surface area contributed by atoms with Crippen LogP contribution in [0.25, 0.3) is 0 Å². The Morgan fingerprint density at radius 1 is 1.42 bits per heavy atom. The largest absolute Gasteiger partial charge is 0.378 e. The molecule has 1 atom stereocenters. The lowest BCUT2D eigenvalue weighted by atomic mass is 10.3. The van der Waals surface area contributed by atoms with Crippen molar-refractivity contribution in [2.45, 2.75) is 32.9 Å². The van der Waals surface area contributed by atoms with Crippen LogP contribution in [-0.4, -0.2) is 9.78 Å². The zero-order chi connectivity index (χ0) is 13.8. The molecule has 0 fully saturated rings. The van der Waals surface area contributed by atoms with Gasteiger partial charge in [0, 0.05) is 12.2 Å². The number of nitrogens with one attached hydrogen (secondary N) is 1. The molecular weight excluding hydrogens is 265 g/mol. The van der Waals surface area contributed by atoms with Crippen molar-refractivity contribution in [3.63, 3.8) is 0 Å². The Morgan fingerprint density at radius 3 is 2.89 bits per heavy atom. The van der Waals surface area contributed by atoms with E-state index in [1.807, 2.05) is 16.9 Å². The van der Waals surface area contributed by atoms with Gasteiger partial charge in [-0.3, -0.25) is 4.68 Å². The molecule has 2 rings (SSSR count). The molecule has 0 aliphatic carbocycles. The van der Waals surface area contributed by atoms with Crippen molar-refractivity contribution in [2.24, 2.45) is 0 Å². The monoisotopic (exact) mass is 281 g/mol. The number of hydrogen-bond acceptors (Lipinski definition) is 2. The molecule has 0 saturated carbocycles. The number of halogens is 2. The minimum atomic E-state index is -0.336. The Bertz CT molecular complexity index is 553. The first-order chi connectivity index (χ1) is 9.10. The fourth-order valence-corrected chi connectivity index (χ4v) is 1.96. The summed E-state index contributed by atoms with van der Waals surface area (Å²) in [5.41, 5.74) is 1.64. The molecule has 3 nitrogen and oxygen atoms in total. The molecule has 0 aliphatic rings. The molecule has 1 aromatic carbocycles. The Balaban J connectivity index is 2.00. The lowest BCUT2D eigenvalue weighted by Crippen LogP contribution is -2.06. The Kier molecular flexibility index (Phi) is 4.43. The van der Waals surface area contributed by atoms with Crippen molar-refractivity contribution in [3.05, 3.63) is 47.0 Å². The second-order valence-corrected chi connectivity index (χ2v) is 4.93. The van der Waals surface area contributed by atoms with E-state index in [0.717, 1.165) is 12.1 Å². The average molecular weight is 282 g/mol. The van der Waals surface area contributed by atoms with E-state index in [2.05, 4.69) is 24.3 Å². The first-order valence-corrected chi connectivity index (χ1v) is 6.71. The van der Waals surface area contributed by atoms with E-state index in [4.69, 9.17) is 11.6 Å². The van der Waals surface area contributed by atoms with Gasteiger partial charge in [0.1, 0.15) is 5.82 Å². The molecule has 19 heavy (non-hydrogen) atoms. The van der Waals surface area contributed by atoms with Gasteiger partial charge in [-0.2, -0.15) is 5.10 Å². The van der Waals surface area contributed by atoms with Crippen LogP contribution >= 0.6 is 11.6 Å². The second kappa shape index (κ2) is 6.06. The molecular formula is C14H17ClFN3. The Hall–Kier alpha value is -1.55. The van der Waals surface area contributed by atoms with Crippen LogP contribution in [0.1, 0.15) is 32.0 Å². The van der Waals surface area contributed by atoms with Gasteiger partial charge in [0.25, 0.3) is 0 Å². The summed E-state index contributed by atoms with van der Waals surface area (Å²) >= 11 is 5.95. The number of hydrogen-bond donors (Lipinski definition) is 1. The first-order valence-electron chi connectivity index (χ1n) is 6.33. The van der Waals surface area contributed by atoms with Crippen LogP contribution in [0, 0.1) is 5.82 Å². The summed E-state index contributed by atoms with van der Waals surface area (Å²) in [6, 6.07) is 6.66. The van der Waals surface area contributed by atoms with Gasteiger partial charge >= 0.3 is 0 Å². The van der Waals surface area contributed by atoms with Gasteiger partial charge in [-0.1, -0.05) is 18.5 Å². The third-order valence-electron chi connectivity index (χ3n) is 3.10. The van der Waals surface area contributed by atoms with Crippen LogP contribution in [0.3, 0.4) is 0 Å². The van der Waals surface area contributed by atoms with Crippen LogP contribution in [0.4, 0.5) is 10.1 Å². The highest BCUT2D eigenvalue weighted by Crippen LogP contribution is 2.22. The molecule has 5 heteroatoms. The maximum absolute atomic E-state index is 12.9. The zero-order valence-corrected chi connectivity index (χ0v) is 11.8. The number of benzene rings is 1. The molecule has 102 valence electrons. The van der Waals surface area contributed by atoms with Gasteiger partial charge < -0.3 is 5.32 Å². The molecule has 2 aromatic rings. The molecule has 1 heterocycles. The first kappa shape index (κ1) is 13.9. The molecule has 0 saturated heterocycles. The van der Waals surface area contributed by atoms with Crippen molar-refractivity contribution >= 4 is 17.3 Å². The van der Waals surface area contributed by atoms with E-state index in [1.54, 1.807) is 6.07 Å². The fraction of sp³-hybridized carbons (Fsp3) is 0.357. The van der Waals surface area contributed by atoms with Gasteiger partial charge in [0.05, 0.1) is 22.9 Å². The van der Waals surface area contributed by atoms with Crippen LogP contribution < -0.4 is 5.32 Å². The summed E-state index contributed by atoms with van der Waals surface area (Å²) in [7, 11) is 0. The van der Waals surface area contributed by atoms with Gasteiger partial charge in [0.2, 0.25) is 0 Å². The van der Waals surface area contributed by atoms with Crippen LogP contribution in [-0.2, 0) is 6.54 Å². The predicted molar refractivity (Wildman–Crippen MR) is 76.0 cm³/mol. The summed E-state index contributed by atoms with van der Waals surface area (Å²) < 4.78 is 14.9. The van der Waals surface area contributed by atoms with Crippen molar-refractivity contribution < 1.29 is 4.39 Å². The van der Waals surface area contributed by atoms with Gasteiger partial charge in [-0.05, 0) is 37.6 Å². The number of aromatic nitrogens is 2. The van der Waals surface area contributed by atoms with Crippen molar-refractivity contribution in [2.75, 3.05) is 5.32 Å². The number of nitrogens with zero attached hydrogens (tertiary/aromatic N) is 2. The molecule has 0 spiro atoms. The van der Waals surface area contributed by atoms with Crippen LogP contribution in [0.2, 0.25) is 5.02 Å². The smallest absolute Gasteiger partial charge is 0.124 e. The molecule has 0 bridgehead atoms. The molecule has 0 aliphatic heterocycles. The van der Waals surface area contributed by atoms with Crippen molar-refractivity contribution in [1.29, 1.82) is 0 Å². The highest BCUT2D eigenvalue weighted by molar-refractivity contribution is 6.33. The van der Waals surface area contributed by atoms with Gasteiger partial charge in [-0.25, -0.2) is 4.39 Å². The lowest BCUT2D eigenvalue weighted by molar-refractivity contribution is 0.474. The standard InChI is InChI=1S/C14H17ClFN3/c1-3-10(2)19-7-6-12(18-19)9-17-14-5-4-11(16)8-13(14)15/h4-8,10,17H,3,9H2,1-2H3. The lowest BCUT2D eigenvalue weighted by Gasteiger charge is -2.09. The number of rotatable bonds is 5. The summed E-state index contributed by atoms with van der Waals surface area (Å²) in [5.74, 6) is -0.336. The van der Waals surface area contributed by atoms with Crippen molar-refractivity contribution in [1.82, 2.24) is 9.78 Å². The van der Waals surface area contributed by atoms with E-state index >= 15 is 0 Å². The van der Waals surface area contributed by atoms with Gasteiger partial charge in [0.15, 0.2) is 0 Å². The van der Waals surface area contributed by atoms with E-state index in [9.17, 15) is 4.39 Å². The maximum Gasteiger partial charge on any atom is 0.124 e. The van der Waals surface area contributed by atoms with Gasteiger partial charge in [-0.15, -0.1) is 0 Å². The van der Waals surface area contributed by atoms with E-state index < -0.39 is 0 Å². The highest BCUT2D eigenvalue weighted by atomic mass is 35.5. The normalized spacial score (nSPS) is 12.4. The average Bonchev–Trinajstić information content (AvgIpc) is 2.85. The predicted octanol–water partition coefficient (Wildman–Crippen LogP) is 4.26. The third kappa shape index (κ3) is 3.47. The highest BCUT2D eigenvalue weighted by Gasteiger charge is 2.06. The fourth-order valence-electron chi connectivity index (χ4n) is 1.72. The summed E-state index contributed by atoms with van der Waals surface area (Å²) in [6.45, 7) is 4.82. The van der Waals surface area contributed by atoms with Crippen LogP contribution in [0.15, 0.2) is 30.5 Å². The second-order valence-electron chi connectivity index (χ2n) is 4.52. The maximum atomic E-state index is 12.9. The van der Waals surface area contributed by atoms with Crippen LogP contribution in [0.5, 0.6) is 0 Å². The summed E-state index contributed by atoms with van der Waals surface area (Å²) in [5, 5.41) is 8.01. The third-order valence-corrected chi connectivity index (χ3v) is 3.41. The molecule has 0 amide bonds. The Labute approximate surface area is 117 Å². The van der Waals surface area contributed by atoms with E-state index in [0.29, 0.717) is 23.3 Å². The van der Waals surface area contributed by atoms with Crippen molar-refractivity contribution in [3.8, 4) is 0 Å². The Morgan fingerprint density at radius 2 is 2.21 bits per heavy atom. The quantitative estimate of drug-likeness (QED) is 0.887. The molecule has 1 N–H and O–H groups in total. The van der Waals surface area contributed by atoms with E-state index in [1.165, 1.54) is 12.1 Å². The SMILES string of the molecule is CCC(C)n1ccc(CNc2ccc(F)cc2Cl)n1. The molecule has 1 aromatic heterocycles. The molecule has 0 radical (unpaired) electrons. The minimum Gasteiger partial charge on any atom is -0.378 e.